The molecule has 2 aromatic heterocycles. The fourth-order valence-electron chi connectivity index (χ4n) is 3.44. The summed E-state index contributed by atoms with van der Waals surface area (Å²) in [6.45, 7) is 6.08. The van der Waals surface area contributed by atoms with Gasteiger partial charge in [0, 0.05) is 17.7 Å². The summed E-state index contributed by atoms with van der Waals surface area (Å²) in [7, 11) is 0. The lowest BCUT2D eigenvalue weighted by Crippen LogP contribution is -2.07. The second kappa shape index (κ2) is 6.97. The number of hydrogen-bond acceptors (Lipinski definition) is 5. The number of fused-ring (bicyclic) bond motifs is 1. The number of rotatable bonds is 4. The Morgan fingerprint density at radius 3 is 2.88 bits per heavy atom. The standard InChI is InChI=1S/C20H20ClN3OS/c1-11(2)25-18-17(21)9-13(10-22-18)19-23-24-20(26-19)16-8-7-14-12(3)5-4-6-15(14)16/h4-6,9-11,16H,7-8H2,1-3H3/t16-/m1/s1. The highest BCUT2D eigenvalue weighted by Crippen LogP contribution is 2.41. The molecule has 2 heterocycles. The molecule has 1 aliphatic carbocycles. The molecule has 1 aliphatic rings. The summed E-state index contributed by atoms with van der Waals surface area (Å²) in [5.74, 6) is 0.790. The van der Waals surface area contributed by atoms with E-state index in [4.69, 9.17) is 16.3 Å². The summed E-state index contributed by atoms with van der Waals surface area (Å²) in [5, 5.41) is 11.3. The first-order chi connectivity index (χ1) is 12.5. The first kappa shape index (κ1) is 17.4. The van der Waals surface area contributed by atoms with Crippen LogP contribution in [0.25, 0.3) is 10.6 Å². The molecule has 0 aliphatic heterocycles. The number of nitrogens with zero attached hydrogens (tertiary/aromatic N) is 3. The third-order valence-corrected chi connectivity index (χ3v) is 6.00. The Labute approximate surface area is 162 Å². The van der Waals surface area contributed by atoms with E-state index in [1.807, 2.05) is 19.9 Å². The number of halogens is 1. The Bertz CT molecular complexity index is 954. The summed E-state index contributed by atoms with van der Waals surface area (Å²) in [5.41, 5.74) is 5.10. The number of hydrogen-bond donors (Lipinski definition) is 0. The van der Waals surface area contributed by atoms with Crippen molar-refractivity contribution in [2.24, 2.45) is 0 Å². The Morgan fingerprint density at radius 2 is 2.12 bits per heavy atom. The van der Waals surface area contributed by atoms with Crippen LogP contribution in [0, 0.1) is 6.92 Å². The smallest absolute Gasteiger partial charge is 0.232 e. The van der Waals surface area contributed by atoms with Crippen LogP contribution in [-0.2, 0) is 6.42 Å². The van der Waals surface area contributed by atoms with Gasteiger partial charge in [-0.3, -0.25) is 0 Å². The minimum absolute atomic E-state index is 0.0323. The lowest BCUT2D eigenvalue weighted by atomic mass is 10.00. The highest BCUT2D eigenvalue weighted by molar-refractivity contribution is 7.14. The summed E-state index contributed by atoms with van der Waals surface area (Å²) in [4.78, 5) is 4.33. The first-order valence-electron chi connectivity index (χ1n) is 8.77. The van der Waals surface area contributed by atoms with Crippen molar-refractivity contribution in [3.63, 3.8) is 0 Å². The van der Waals surface area contributed by atoms with E-state index in [0.717, 1.165) is 28.4 Å². The molecule has 1 aromatic carbocycles. The number of pyridine rings is 1. The summed E-state index contributed by atoms with van der Waals surface area (Å²) >= 11 is 7.93. The number of ether oxygens (including phenoxy) is 1. The van der Waals surface area contributed by atoms with Crippen LogP contribution in [0.1, 0.15) is 47.9 Å². The highest BCUT2D eigenvalue weighted by Gasteiger charge is 2.28. The maximum Gasteiger partial charge on any atom is 0.232 e. The molecule has 26 heavy (non-hydrogen) atoms. The lowest BCUT2D eigenvalue weighted by Gasteiger charge is -2.10. The van der Waals surface area contributed by atoms with E-state index in [0.29, 0.717) is 16.8 Å². The highest BCUT2D eigenvalue weighted by atomic mass is 35.5. The monoisotopic (exact) mass is 385 g/mol. The number of aromatic nitrogens is 3. The Kier molecular flexibility index (Phi) is 4.67. The molecule has 0 unspecified atom stereocenters. The zero-order valence-corrected chi connectivity index (χ0v) is 16.6. The van der Waals surface area contributed by atoms with Gasteiger partial charge in [-0.15, -0.1) is 10.2 Å². The quantitative estimate of drug-likeness (QED) is 0.601. The van der Waals surface area contributed by atoms with Crippen LogP contribution in [-0.4, -0.2) is 21.3 Å². The van der Waals surface area contributed by atoms with Crippen LogP contribution in [0.3, 0.4) is 0 Å². The summed E-state index contributed by atoms with van der Waals surface area (Å²) < 4.78 is 5.60. The molecule has 0 N–H and O–H groups in total. The largest absolute Gasteiger partial charge is 0.474 e. The van der Waals surface area contributed by atoms with Crippen LogP contribution in [0.2, 0.25) is 5.02 Å². The van der Waals surface area contributed by atoms with E-state index < -0.39 is 0 Å². The van der Waals surface area contributed by atoms with E-state index in [9.17, 15) is 0 Å². The third kappa shape index (κ3) is 3.21. The summed E-state index contributed by atoms with van der Waals surface area (Å²) in [6.07, 6.45) is 3.98. The SMILES string of the molecule is Cc1cccc2c1CC[C@H]2c1nnc(-c2cnc(OC(C)C)c(Cl)c2)s1. The predicted octanol–water partition coefficient (Wildman–Crippen LogP) is 5.43. The van der Waals surface area contributed by atoms with Crippen molar-refractivity contribution in [2.75, 3.05) is 0 Å². The number of aryl methyl sites for hydroxylation is 1. The van der Waals surface area contributed by atoms with Gasteiger partial charge in [-0.25, -0.2) is 4.98 Å². The fraction of sp³-hybridized carbons (Fsp3) is 0.350. The van der Waals surface area contributed by atoms with E-state index >= 15 is 0 Å². The van der Waals surface area contributed by atoms with Crippen molar-refractivity contribution in [1.29, 1.82) is 0 Å². The molecule has 134 valence electrons. The van der Waals surface area contributed by atoms with Crippen molar-refractivity contribution < 1.29 is 4.74 Å². The molecule has 4 nitrogen and oxygen atoms in total. The van der Waals surface area contributed by atoms with Crippen LogP contribution in [0.5, 0.6) is 5.88 Å². The molecule has 4 rings (SSSR count). The summed E-state index contributed by atoms with van der Waals surface area (Å²) in [6, 6.07) is 8.38. The topological polar surface area (TPSA) is 47.9 Å². The van der Waals surface area contributed by atoms with Gasteiger partial charge >= 0.3 is 0 Å². The average molecular weight is 386 g/mol. The Balaban J connectivity index is 1.62. The van der Waals surface area contributed by atoms with E-state index in [1.54, 1.807) is 17.5 Å². The van der Waals surface area contributed by atoms with E-state index in [1.165, 1.54) is 16.7 Å². The second-order valence-electron chi connectivity index (χ2n) is 6.86. The molecule has 1 atom stereocenters. The van der Waals surface area contributed by atoms with Gasteiger partial charge in [-0.2, -0.15) is 0 Å². The molecule has 0 amide bonds. The second-order valence-corrected chi connectivity index (χ2v) is 8.27. The van der Waals surface area contributed by atoms with Crippen LogP contribution in [0.15, 0.2) is 30.5 Å². The molecule has 0 spiro atoms. The van der Waals surface area contributed by atoms with Crippen LogP contribution in [0.4, 0.5) is 0 Å². The van der Waals surface area contributed by atoms with Gasteiger partial charge in [0.15, 0.2) is 0 Å². The minimum atomic E-state index is 0.0323. The molecular formula is C20H20ClN3OS. The minimum Gasteiger partial charge on any atom is -0.474 e. The van der Waals surface area contributed by atoms with Crippen LogP contribution >= 0.6 is 22.9 Å². The first-order valence-corrected chi connectivity index (χ1v) is 9.96. The molecule has 0 radical (unpaired) electrons. The van der Waals surface area contributed by atoms with Gasteiger partial charge in [0.25, 0.3) is 0 Å². The molecule has 0 saturated carbocycles. The van der Waals surface area contributed by atoms with Crippen molar-refractivity contribution in [2.45, 2.75) is 45.6 Å². The van der Waals surface area contributed by atoms with Gasteiger partial charge < -0.3 is 4.74 Å². The normalized spacial score (nSPS) is 16.1. The molecule has 0 fully saturated rings. The van der Waals surface area contributed by atoms with Crippen molar-refractivity contribution in [3.8, 4) is 16.5 Å². The van der Waals surface area contributed by atoms with Gasteiger partial charge in [0.2, 0.25) is 5.88 Å². The maximum atomic E-state index is 6.31. The molecule has 6 heteroatoms. The average Bonchev–Trinajstić information content (AvgIpc) is 3.23. The van der Waals surface area contributed by atoms with Crippen molar-refractivity contribution in [1.82, 2.24) is 15.2 Å². The van der Waals surface area contributed by atoms with Crippen molar-refractivity contribution >= 4 is 22.9 Å². The molecule has 0 bridgehead atoms. The third-order valence-electron chi connectivity index (χ3n) is 4.65. The van der Waals surface area contributed by atoms with Gasteiger partial charge in [0.1, 0.15) is 15.0 Å². The van der Waals surface area contributed by atoms with E-state index in [-0.39, 0.29) is 6.10 Å². The maximum absolute atomic E-state index is 6.31. The Morgan fingerprint density at radius 1 is 1.27 bits per heavy atom. The van der Waals surface area contributed by atoms with Crippen molar-refractivity contribution in [3.05, 3.63) is 57.2 Å². The number of benzene rings is 1. The molecular weight excluding hydrogens is 366 g/mol. The van der Waals surface area contributed by atoms with Crippen LogP contribution < -0.4 is 4.74 Å². The zero-order valence-electron chi connectivity index (χ0n) is 15.0. The zero-order chi connectivity index (χ0) is 18.3. The van der Waals surface area contributed by atoms with Gasteiger partial charge in [-0.05, 0) is 56.4 Å². The fourth-order valence-corrected chi connectivity index (χ4v) is 4.63. The predicted molar refractivity (Wildman–Crippen MR) is 105 cm³/mol. The lowest BCUT2D eigenvalue weighted by molar-refractivity contribution is 0.233. The molecule has 3 aromatic rings. The van der Waals surface area contributed by atoms with Gasteiger partial charge in [0.05, 0.1) is 6.10 Å². The Hall–Kier alpha value is -1.98. The van der Waals surface area contributed by atoms with E-state index in [2.05, 4.69) is 40.3 Å². The van der Waals surface area contributed by atoms with Gasteiger partial charge in [-0.1, -0.05) is 41.1 Å². The molecule has 0 saturated heterocycles.